The van der Waals surface area contributed by atoms with Crippen LogP contribution in [0.25, 0.3) is 0 Å². The summed E-state index contributed by atoms with van der Waals surface area (Å²) in [7, 11) is 0. The fraction of sp³-hybridized carbons (Fsp3) is 0.333. The first-order valence-electron chi connectivity index (χ1n) is 8.14. The maximum atomic E-state index is 12.4. The molecule has 2 aromatic rings. The number of nitrogens with zero attached hydrogens (tertiary/aromatic N) is 1. The third-order valence-corrected chi connectivity index (χ3v) is 4.11. The van der Waals surface area contributed by atoms with E-state index in [0.29, 0.717) is 24.4 Å². The van der Waals surface area contributed by atoms with Gasteiger partial charge in [0.15, 0.2) is 0 Å². The second kappa shape index (κ2) is 7.40. The summed E-state index contributed by atoms with van der Waals surface area (Å²) in [5, 5.41) is 0. The average molecular weight is 343 g/mol. The Balaban J connectivity index is 1.59. The highest BCUT2D eigenvalue weighted by Gasteiger charge is 2.29. The Hall–Kier alpha value is -2.80. The van der Waals surface area contributed by atoms with Crippen LogP contribution in [0.2, 0.25) is 0 Å². The fourth-order valence-electron chi connectivity index (χ4n) is 2.85. The Morgan fingerprint density at radius 2 is 1.88 bits per heavy atom. The van der Waals surface area contributed by atoms with Gasteiger partial charge in [-0.15, -0.1) is 0 Å². The molecule has 2 atom stereocenters. The molecule has 3 amide bonds. The molecule has 0 aliphatic carbocycles. The van der Waals surface area contributed by atoms with E-state index in [1.54, 1.807) is 17.9 Å². The minimum atomic E-state index is -0.416. The molecular formula is C18H21N3O4. The zero-order valence-corrected chi connectivity index (χ0v) is 14.2. The fourth-order valence-corrected chi connectivity index (χ4v) is 2.85. The van der Waals surface area contributed by atoms with Gasteiger partial charge in [-0.3, -0.25) is 10.2 Å². The van der Waals surface area contributed by atoms with Crippen molar-refractivity contribution in [1.29, 1.82) is 0 Å². The minimum Gasteiger partial charge on any atom is -0.469 e. The van der Waals surface area contributed by atoms with Crippen molar-refractivity contribution in [3.8, 4) is 0 Å². The summed E-state index contributed by atoms with van der Waals surface area (Å²) in [6.07, 6.45) is 1.14. The standard InChI is InChI=1S/C18H21N3O4/c1-12-10-21(11-16(25-12)14-6-4-3-5-7-14)18(23)20-19-17(22)15-8-9-24-13(15)2/h3-9,12,16H,10-11H2,1-2H3,(H,19,22)(H,20,23)/t12-,16+/m0/s1. The lowest BCUT2D eigenvalue weighted by Crippen LogP contribution is -2.54. The van der Waals surface area contributed by atoms with Crippen LogP contribution in [-0.2, 0) is 4.74 Å². The Morgan fingerprint density at radius 1 is 1.12 bits per heavy atom. The van der Waals surface area contributed by atoms with Gasteiger partial charge in [0.1, 0.15) is 11.9 Å². The maximum Gasteiger partial charge on any atom is 0.336 e. The zero-order chi connectivity index (χ0) is 17.8. The van der Waals surface area contributed by atoms with Gasteiger partial charge in [0, 0.05) is 6.54 Å². The number of amides is 3. The quantitative estimate of drug-likeness (QED) is 0.820. The summed E-state index contributed by atoms with van der Waals surface area (Å²) in [5.41, 5.74) is 6.27. The van der Waals surface area contributed by atoms with Crippen LogP contribution in [-0.4, -0.2) is 36.0 Å². The number of ether oxygens (including phenoxy) is 1. The maximum absolute atomic E-state index is 12.4. The van der Waals surface area contributed by atoms with E-state index in [4.69, 9.17) is 9.15 Å². The van der Waals surface area contributed by atoms with E-state index >= 15 is 0 Å². The van der Waals surface area contributed by atoms with Gasteiger partial charge in [0.25, 0.3) is 5.91 Å². The summed E-state index contributed by atoms with van der Waals surface area (Å²) in [4.78, 5) is 26.1. The lowest BCUT2D eigenvalue weighted by molar-refractivity contribution is -0.0658. The third kappa shape index (κ3) is 4.00. The monoisotopic (exact) mass is 343 g/mol. The summed E-state index contributed by atoms with van der Waals surface area (Å²) >= 11 is 0. The predicted octanol–water partition coefficient (Wildman–Crippen LogP) is 2.40. The van der Waals surface area contributed by atoms with Crippen LogP contribution in [0.1, 0.15) is 34.7 Å². The molecule has 3 rings (SSSR count). The number of morpholine rings is 1. The highest BCUT2D eigenvalue weighted by Crippen LogP contribution is 2.24. The number of urea groups is 1. The van der Waals surface area contributed by atoms with E-state index < -0.39 is 5.91 Å². The van der Waals surface area contributed by atoms with Crippen LogP contribution < -0.4 is 10.9 Å². The van der Waals surface area contributed by atoms with Crippen LogP contribution in [0.15, 0.2) is 47.1 Å². The van der Waals surface area contributed by atoms with Crippen molar-refractivity contribution in [3.63, 3.8) is 0 Å². The van der Waals surface area contributed by atoms with Crippen LogP contribution in [0, 0.1) is 6.92 Å². The molecule has 1 aromatic carbocycles. The third-order valence-electron chi connectivity index (χ3n) is 4.11. The lowest BCUT2D eigenvalue weighted by Gasteiger charge is -2.36. The van der Waals surface area contributed by atoms with Gasteiger partial charge >= 0.3 is 6.03 Å². The van der Waals surface area contributed by atoms with E-state index in [-0.39, 0.29) is 18.2 Å². The van der Waals surface area contributed by atoms with Crippen molar-refractivity contribution in [2.75, 3.05) is 13.1 Å². The van der Waals surface area contributed by atoms with Crippen molar-refractivity contribution < 1.29 is 18.7 Å². The summed E-state index contributed by atoms with van der Waals surface area (Å²) in [6.45, 7) is 4.48. The minimum absolute atomic E-state index is 0.100. The number of hydrazine groups is 1. The van der Waals surface area contributed by atoms with Crippen molar-refractivity contribution in [2.45, 2.75) is 26.1 Å². The number of carbonyl (C=O) groups is 2. The van der Waals surface area contributed by atoms with E-state index in [2.05, 4.69) is 10.9 Å². The molecule has 7 heteroatoms. The molecule has 0 unspecified atom stereocenters. The van der Waals surface area contributed by atoms with Crippen molar-refractivity contribution in [2.24, 2.45) is 0 Å². The molecule has 0 bridgehead atoms. The molecule has 132 valence electrons. The van der Waals surface area contributed by atoms with Gasteiger partial charge in [0.05, 0.1) is 24.5 Å². The molecule has 1 saturated heterocycles. The summed E-state index contributed by atoms with van der Waals surface area (Å²) < 4.78 is 11.0. The first kappa shape index (κ1) is 17.0. The number of nitrogens with one attached hydrogen (secondary N) is 2. The normalized spacial score (nSPS) is 20.2. The Kier molecular flexibility index (Phi) is 5.04. The largest absolute Gasteiger partial charge is 0.469 e. The van der Waals surface area contributed by atoms with Crippen LogP contribution >= 0.6 is 0 Å². The molecule has 2 N–H and O–H groups in total. The van der Waals surface area contributed by atoms with Crippen LogP contribution in [0.4, 0.5) is 4.79 Å². The summed E-state index contributed by atoms with van der Waals surface area (Å²) in [5.74, 6) is 0.0800. The molecule has 0 radical (unpaired) electrons. The molecule has 0 saturated carbocycles. The second-order valence-corrected chi connectivity index (χ2v) is 6.03. The van der Waals surface area contributed by atoms with Crippen LogP contribution in [0.3, 0.4) is 0 Å². The second-order valence-electron chi connectivity index (χ2n) is 6.03. The number of hydrogen-bond acceptors (Lipinski definition) is 4. The van der Waals surface area contributed by atoms with Crippen molar-refractivity contribution in [1.82, 2.24) is 15.8 Å². The average Bonchev–Trinajstić information content (AvgIpc) is 3.05. The number of carbonyl (C=O) groups excluding carboxylic acids is 2. The molecular weight excluding hydrogens is 322 g/mol. The van der Waals surface area contributed by atoms with Crippen molar-refractivity contribution in [3.05, 3.63) is 59.5 Å². The number of aryl methyl sites for hydroxylation is 1. The number of hydrogen-bond donors (Lipinski definition) is 2. The summed E-state index contributed by atoms with van der Waals surface area (Å²) in [6, 6.07) is 11.0. The number of furan rings is 1. The molecule has 2 heterocycles. The zero-order valence-electron chi connectivity index (χ0n) is 14.2. The lowest BCUT2D eigenvalue weighted by atomic mass is 10.1. The molecule has 1 aliphatic rings. The molecule has 0 spiro atoms. The van der Waals surface area contributed by atoms with Crippen molar-refractivity contribution >= 4 is 11.9 Å². The van der Waals surface area contributed by atoms with Gasteiger partial charge in [-0.2, -0.15) is 0 Å². The predicted molar refractivity (Wildman–Crippen MR) is 90.7 cm³/mol. The van der Waals surface area contributed by atoms with Gasteiger partial charge in [-0.25, -0.2) is 10.2 Å². The molecule has 25 heavy (non-hydrogen) atoms. The molecule has 1 aliphatic heterocycles. The Labute approximate surface area is 145 Å². The van der Waals surface area contributed by atoms with Gasteiger partial charge < -0.3 is 14.1 Å². The first-order chi connectivity index (χ1) is 12.0. The van der Waals surface area contributed by atoms with E-state index in [1.807, 2.05) is 37.3 Å². The van der Waals surface area contributed by atoms with Gasteiger partial charge in [-0.05, 0) is 25.5 Å². The van der Waals surface area contributed by atoms with Crippen LogP contribution in [0.5, 0.6) is 0 Å². The highest BCUT2D eigenvalue weighted by molar-refractivity contribution is 5.96. The van der Waals surface area contributed by atoms with E-state index in [1.165, 1.54) is 6.26 Å². The number of benzene rings is 1. The first-order valence-corrected chi connectivity index (χ1v) is 8.14. The molecule has 1 fully saturated rings. The SMILES string of the molecule is Cc1occc1C(=O)NNC(=O)N1C[C@H](C)O[C@@H](c2ccccc2)C1. The van der Waals surface area contributed by atoms with E-state index in [0.717, 1.165) is 5.56 Å². The molecule has 7 nitrogen and oxygen atoms in total. The molecule has 1 aromatic heterocycles. The Morgan fingerprint density at radius 3 is 2.56 bits per heavy atom. The van der Waals surface area contributed by atoms with Gasteiger partial charge in [-0.1, -0.05) is 30.3 Å². The highest BCUT2D eigenvalue weighted by atomic mass is 16.5. The van der Waals surface area contributed by atoms with E-state index in [9.17, 15) is 9.59 Å². The number of rotatable bonds is 2. The Bertz CT molecular complexity index is 744. The smallest absolute Gasteiger partial charge is 0.336 e. The topological polar surface area (TPSA) is 83.8 Å². The van der Waals surface area contributed by atoms with Gasteiger partial charge in [0.2, 0.25) is 0 Å².